The van der Waals surface area contributed by atoms with Crippen LogP contribution in [0.2, 0.25) is 0 Å². The molecule has 2 aromatic heterocycles. The van der Waals surface area contributed by atoms with Crippen LogP contribution in [-0.2, 0) is 7.05 Å². The molecule has 0 aliphatic rings. The normalized spacial score (nSPS) is 10.4. The van der Waals surface area contributed by atoms with E-state index in [9.17, 15) is 4.79 Å². The lowest BCUT2D eigenvalue weighted by Gasteiger charge is -2.09. The molecule has 0 bridgehead atoms. The summed E-state index contributed by atoms with van der Waals surface area (Å²) < 4.78 is 1.45. The summed E-state index contributed by atoms with van der Waals surface area (Å²) in [5.74, 6) is -0.291. The Morgan fingerprint density at radius 3 is 2.67 bits per heavy atom. The van der Waals surface area contributed by atoms with E-state index in [2.05, 4.69) is 15.4 Å². The van der Waals surface area contributed by atoms with Gasteiger partial charge in [-0.3, -0.25) is 14.5 Å². The van der Waals surface area contributed by atoms with Crippen LogP contribution < -0.4 is 11.1 Å². The van der Waals surface area contributed by atoms with Gasteiger partial charge >= 0.3 is 0 Å². The van der Waals surface area contributed by atoms with Crippen LogP contribution in [0.3, 0.4) is 0 Å². The quantitative estimate of drug-likeness (QED) is 0.834. The van der Waals surface area contributed by atoms with E-state index in [1.807, 2.05) is 26.0 Å². The lowest BCUT2D eigenvalue weighted by atomic mass is 10.2. The molecule has 6 nitrogen and oxygen atoms in total. The fourth-order valence-electron chi connectivity index (χ4n) is 1.73. The first-order valence-electron chi connectivity index (χ1n) is 5.52. The number of hydrogen-bond acceptors (Lipinski definition) is 4. The fourth-order valence-corrected chi connectivity index (χ4v) is 1.73. The minimum absolute atomic E-state index is 0.291. The molecule has 0 atom stereocenters. The van der Waals surface area contributed by atoms with Gasteiger partial charge in [-0.05, 0) is 26.0 Å². The summed E-state index contributed by atoms with van der Waals surface area (Å²) in [6, 6.07) is 3.66. The molecule has 6 heteroatoms. The van der Waals surface area contributed by atoms with Crippen molar-refractivity contribution < 1.29 is 4.79 Å². The van der Waals surface area contributed by atoms with E-state index in [0.29, 0.717) is 17.1 Å². The lowest BCUT2D eigenvalue weighted by Crippen LogP contribution is -2.18. The highest BCUT2D eigenvalue weighted by atomic mass is 16.2. The molecule has 0 saturated heterocycles. The molecule has 18 heavy (non-hydrogen) atoms. The zero-order chi connectivity index (χ0) is 13.3. The second kappa shape index (κ2) is 4.48. The monoisotopic (exact) mass is 245 g/mol. The summed E-state index contributed by atoms with van der Waals surface area (Å²) in [6.07, 6.45) is 1.45. The Bertz CT molecular complexity index is 583. The van der Waals surface area contributed by atoms with Gasteiger partial charge in [0.25, 0.3) is 5.91 Å². The number of anilines is 2. The van der Waals surface area contributed by atoms with Gasteiger partial charge < -0.3 is 11.1 Å². The van der Waals surface area contributed by atoms with Gasteiger partial charge in [-0.2, -0.15) is 5.10 Å². The number of aryl methyl sites for hydroxylation is 3. The number of aromatic nitrogens is 3. The maximum atomic E-state index is 12.1. The summed E-state index contributed by atoms with van der Waals surface area (Å²) >= 11 is 0. The van der Waals surface area contributed by atoms with E-state index < -0.39 is 0 Å². The SMILES string of the molecule is Cc1ccc(NC(=O)c2c(N)cnn2C)c(C)n1. The molecular weight excluding hydrogens is 230 g/mol. The first-order valence-corrected chi connectivity index (χ1v) is 5.52. The van der Waals surface area contributed by atoms with E-state index >= 15 is 0 Å². The maximum Gasteiger partial charge on any atom is 0.276 e. The molecule has 0 fully saturated rings. The van der Waals surface area contributed by atoms with E-state index in [4.69, 9.17) is 5.73 Å². The number of carbonyl (C=O) groups excluding carboxylic acids is 1. The highest BCUT2D eigenvalue weighted by Gasteiger charge is 2.15. The maximum absolute atomic E-state index is 12.1. The van der Waals surface area contributed by atoms with Crippen LogP contribution in [-0.4, -0.2) is 20.7 Å². The molecule has 0 radical (unpaired) electrons. The summed E-state index contributed by atoms with van der Waals surface area (Å²) in [5.41, 5.74) is 8.74. The van der Waals surface area contributed by atoms with Gasteiger partial charge in [0.15, 0.2) is 0 Å². The largest absolute Gasteiger partial charge is 0.396 e. The topological polar surface area (TPSA) is 85.8 Å². The number of nitrogen functional groups attached to an aromatic ring is 1. The summed E-state index contributed by atoms with van der Waals surface area (Å²) in [4.78, 5) is 16.4. The number of hydrogen-bond donors (Lipinski definition) is 2. The predicted molar refractivity (Wildman–Crippen MR) is 69.3 cm³/mol. The molecule has 0 spiro atoms. The number of nitrogens with one attached hydrogen (secondary N) is 1. The predicted octanol–water partition coefficient (Wildman–Crippen LogP) is 1.27. The van der Waals surface area contributed by atoms with Crippen LogP contribution in [0.1, 0.15) is 21.9 Å². The summed E-state index contributed by atoms with van der Waals surface area (Å²) in [5, 5.41) is 6.71. The molecule has 2 heterocycles. The van der Waals surface area contributed by atoms with Gasteiger partial charge in [0.05, 0.1) is 23.3 Å². The molecule has 0 saturated carbocycles. The summed E-state index contributed by atoms with van der Waals surface area (Å²) in [6.45, 7) is 3.74. The zero-order valence-corrected chi connectivity index (χ0v) is 10.6. The van der Waals surface area contributed by atoms with Crippen LogP contribution >= 0.6 is 0 Å². The summed E-state index contributed by atoms with van der Waals surface area (Å²) in [7, 11) is 1.67. The van der Waals surface area contributed by atoms with Gasteiger partial charge in [0.1, 0.15) is 5.69 Å². The van der Waals surface area contributed by atoms with Crippen molar-refractivity contribution in [1.29, 1.82) is 0 Å². The van der Waals surface area contributed by atoms with Crippen LogP contribution in [0.4, 0.5) is 11.4 Å². The van der Waals surface area contributed by atoms with Gasteiger partial charge in [0.2, 0.25) is 0 Å². The average Bonchev–Trinajstić information content (AvgIpc) is 2.62. The van der Waals surface area contributed by atoms with Crippen molar-refractivity contribution in [3.05, 3.63) is 35.4 Å². The smallest absolute Gasteiger partial charge is 0.276 e. The molecule has 0 aliphatic heterocycles. The van der Waals surface area contributed by atoms with E-state index in [1.54, 1.807) is 7.05 Å². The van der Waals surface area contributed by atoms with E-state index in [0.717, 1.165) is 11.4 Å². The second-order valence-electron chi connectivity index (χ2n) is 4.11. The molecule has 3 N–H and O–H groups in total. The third-order valence-corrected chi connectivity index (χ3v) is 2.66. The minimum Gasteiger partial charge on any atom is -0.396 e. The van der Waals surface area contributed by atoms with Gasteiger partial charge in [0, 0.05) is 12.7 Å². The standard InChI is InChI=1S/C12H15N5O/c1-7-4-5-10(8(2)15-7)16-12(18)11-9(13)6-14-17(11)3/h4-6H,13H2,1-3H3,(H,16,18). The Morgan fingerprint density at radius 2 is 2.11 bits per heavy atom. The van der Waals surface area contributed by atoms with Crippen molar-refractivity contribution in [1.82, 2.24) is 14.8 Å². The molecule has 0 aliphatic carbocycles. The third-order valence-electron chi connectivity index (χ3n) is 2.66. The van der Waals surface area contributed by atoms with Crippen LogP contribution in [0.25, 0.3) is 0 Å². The van der Waals surface area contributed by atoms with Crippen molar-refractivity contribution in [2.45, 2.75) is 13.8 Å². The fraction of sp³-hybridized carbons (Fsp3) is 0.250. The van der Waals surface area contributed by atoms with Crippen molar-refractivity contribution in [2.24, 2.45) is 7.05 Å². The lowest BCUT2D eigenvalue weighted by molar-refractivity contribution is 0.101. The Morgan fingerprint density at radius 1 is 1.39 bits per heavy atom. The van der Waals surface area contributed by atoms with Gasteiger partial charge in [-0.25, -0.2) is 0 Å². The van der Waals surface area contributed by atoms with Crippen molar-refractivity contribution in [3.8, 4) is 0 Å². The Hall–Kier alpha value is -2.37. The Kier molecular flexibility index (Phi) is 3.01. The molecule has 94 valence electrons. The van der Waals surface area contributed by atoms with Crippen molar-refractivity contribution in [2.75, 3.05) is 11.1 Å². The molecule has 2 rings (SSSR count). The van der Waals surface area contributed by atoms with Crippen LogP contribution in [0.5, 0.6) is 0 Å². The molecule has 0 aromatic carbocycles. The molecule has 2 aromatic rings. The first-order chi connectivity index (χ1) is 8.49. The second-order valence-corrected chi connectivity index (χ2v) is 4.11. The van der Waals surface area contributed by atoms with Crippen LogP contribution in [0.15, 0.2) is 18.3 Å². The zero-order valence-electron chi connectivity index (χ0n) is 10.6. The van der Waals surface area contributed by atoms with Crippen LogP contribution in [0, 0.1) is 13.8 Å². The number of rotatable bonds is 2. The van der Waals surface area contributed by atoms with Gasteiger partial charge in [-0.15, -0.1) is 0 Å². The highest BCUT2D eigenvalue weighted by molar-refractivity contribution is 6.06. The number of pyridine rings is 1. The van der Waals surface area contributed by atoms with E-state index in [-0.39, 0.29) is 5.91 Å². The number of nitrogens with two attached hydrogens (primary N) is 1. The molecule has 0 unspecified atom stereocenters. The Labute approximate surface area is 105 Å². The van der Waals surface area contributed by atoms with Crippen molar-refractivity contribution in [3.63, 3.8) is 0 Å². The number of nitrogens with zero attached hydrogens (tertiary/aromatic N) is 3. The van der Waals surface area contributed by atoms with E-state index in [1.165, 1.54) is 10.9 Å². The number of amides is 1. The van der Waals surface area contributed by atoms with Crippen molar-refractivity contribution >= 4 is 17.3 Å². The minimum atomic E-state index is -0.291. The highest BCUT2D eigenvalue weighted by Crippen LogP contribution is 2.16. The molecule has 1 amide bonds. The third kappa shape index (κ3) is 2.17. The average molecular weight is 245 g/mol. The number of carbonyl (C=O) groups is 1. The molecular formula is C12H15N5O. The Balaban J connectivity index is 2.27. The first kappa shape index (κ1) is 12.1. The van der Waals surface area contributed by atoms with Gasteiger partial charge in [-0.1, -0.05) is 0 Å².